The van der Waals surface area contributed by atoms with Crippen molar-refractivity contribution in [3.63, 3.8) is 0 Å². The number of halogens is 1. The van der Waals surface area contributed by atoms with E-state index >= 15 is 0 Å². The molecule has 0 atom stereocenters. The first-order valence-electron chi connectivity index (χ1n) is 5.99. The van der Waals surface area contributed by atoms with Crippen molar-refractivity contribution < 1.29 is 8.81 Å². The summed E-state index contributed by atoms with van der Waals surface area (Å²) in [5.41, 5.74) is 7.29. The molecular formula is C13H15FN2O. The van der Waals surface area contributed by atoms with Crippen molar-refractivity contribution in [1.29, 1.82) is 0 Å². The lowest BCUT2D eigenvalue weighted by molar-refractivity contribution is 0.385. The van der Waals surface area contributed by atoms with Crippen LogP contribution in [0.5, 0.6) is 0 Å². The van der Waals surface area contributed by atoms with Gasteiger partial charge < -0.3 is 10.2 Å². The zero-order valence-electron chi connectivity index (χ0n) is 9.58. The molecule has 1 aromatic carbocycles. The van der Waals surface area contributed by atoms with Crippen molar-refractivity contribution in [1.82, 2.24) is 4.98 Å². The van der Waals surface area contributed by atoms with Crippen LogP contribution < -0.4 is 5.73 Å². The lowest BCUT2D eigenvalue weighted by Crippen LogP contribution is -2.38. The Balaban J connectivity index is 1.90. The number of aromatic nitrogens is 1. The van der Waals surface area contributed by atoms with Gasteiger partial charge in [0.1, 0.15) is 11.3 Å². The van der Waals surface area contributed by atoms with Crippen molar-refractivity contribution in [2.45, 2.75) is 37.6 Å². The van der Waals surface area contributed by atoms with E-state index in [0.717, 1.165) is 12.8 Å². The summed E-state index contributed by atoms with van der Waals surface area (Å²) in [7, 11) is 0. The summed E-state index contributed by atoms with van der Waals surface area (Å²) in [6.45, 7) is 0. The van der Waals surface area contributed by atoms with Crippen molar-refractivity contribution in [2.75, 3.05) is 0 Å². The third-order valence-corrected chi connectivity index (χ3v) is 3.50. The normalized spacial score (nSPS) is 18.9. The summed E-state index contributed by atoms with van der Waals surface area (Å²) in [4.78, 5) is 4.35. The average molecular weight is 234 g/mol. The summed E-state index contributed by atoms with van der Waals surface area (Å²) in [6.07, 6.45) is 5.01. The highest BCUT2D eigenvalue weighted by atomic mass is 19.1. The van der Waals surface area contributed by atoms with E-state index < -0.39 is 0 Å². The van der Waals surface area contributed by atoms with E-state index in [1.54, 1.807) is 6.07 Å². The quantitative estimate of drug-likeness (QED) is 0.869. The number of nitrogens with two attached hydrogens (primary N) is 1. The molecule has 3 nitrogen and oxygen atoms in total. The maximum atomic E-state index is 13.0. The topological polar surface area (TPSA) is 52.0 Å². The van der Waals surface area contributed by atoms with E-state index in [1.807, 2.05) is 0 Å². The minimum Gasteiger partial charge on any atom is -0.441 e. The molecule has 0 bridgehead atoms. The molecule has 2 N–H and O–H groups in total. The van der Waals surface area contributed by atoms with Gasteiger partial charge in [-0.2, -0.15) is 0 Å². The SMILES string of the molecule is NC1(Cc2nc3ccc(F)cc3o2)CCCC1. The number of nitrogens with zero attached hydrogens (tertiary/aromatic N) is 1. The summed E-state index contributed by atoms with van der Waals surface area (Å²) in [5.74, 6) is 0.318. The van der Waals surface area contributed by atoms with Gasteiger partial charge in [0.25, 0.3) is 0 Å². The minimum atomic E-state index is -0.302. The van der Waals surface area contributed by atoms with Crippen LogP contribution >= 0.6 is 0 Å². The van der Waals surface area contributed by atoms with Crippen molar-refractivity contribution >= 4 is 11.1 Å². The predicted octanol–water partition coefficient (Wildman–Crippen LogP) is 2.78. The van der Waals surface area contributed by atoms with Crippen LogP contribution in [0.1, 0.15) is 31.6 Å². The third-order valence-electron chi connectivity index (χ3n) is 3.50. The summed E-state index contributed by atoms with van der Waals surface area (Å²) < 4.78 is 18.6. The third kappa shape index (κ3) is 2.05. The highest BCUT2D eigenvalue weighted by Gasteiger charge is 2.31. The molecule has 2 aromatic rings. The van der Waals surface area contributed by atoms with Gasteiger partial charge in [-0.25, -0.2) is 9.37 Å². The molecule has 0 saturated heterocycles. The Kier molecular flexibility index (Phi) is 2.40. The molecule has 0 amide bonds. The van der Waals surface area contributed by atoms with Crippen molar-refractivity contribution in [3.8, 4) is 0 Å². The highest BCUT2D eigenvalue weighted by molar-refractivity contribution is 5.72. The smallest absolute Gasteiger partial charge is 0.197 e. The largest absolute Gasteiger partial charge is 0.441 e. The Morgan fingerprint density at radius 3 is 2.88 bits per heavy atom. The molecular weight excluding hydrogens is 219 g/mol. The number of benzene rings is 1. The summed E-state index contributed by atoms with van der Waals surface area (Å²) >= 11 is 0. The van der Waals surface area contributed by atoms with E-state index in [-0.39, 0.29) is 11.4 Å². The van der Waals surface area contributed by atoms with Crippen LogP contribution in [-0.4, -0.2) is 10.5 Å². The second kappa shape index (κ2) is 3.81. The Morgan fingerprint density at radius 1 is 1.35 bits per heavy atom. The molecule has 1 aliphatic carbocycles. The van der Waals surface area contributed by atoms with Crippen LogP contribution in [0, 0.1) is 5.82 Å². The van der Waals surface area contributed by atoms with Gasteiger partial charge in [-0.05, 0) is 25.0 Å². The standard InChI is InChI=1S/C13H15FN2O/c14-9-3-4-10-11(7-9)17-12(16-10)8-13(15)5-1-2-6-13/h3-4,7H,1-2,5-6,8,15H2. The minimum absolute atomic E-state index is 0.181. The molecule has 1 fully saturated rings. The molecule has 1 heterocycles. The molecule has 0 radical (unpaired) electrons. The fourth-order valence-corrected chi connectivity index (χ4v) is 2.58. The number of oxazole rings is 1. The lowest BCUT2D eigenvalue weighted by atomic mass is 9.95. The highest BCUT2D eigenvalue weighted by Crippen LogP contribution is 2.31. The van der Waals surface area contributed by atoms with Gasteiger partial charge >= 0.3 is 0 Å². The van der Waals surface area contributed by atoms with Crippen LogP contribution in [0.25, 0.3) is 11.1 Å². The molecule has 17 heavy (non-hydrogen) atoms. The molecule has 90 valence electrons. The molecule has 0 spiro atoms. The Labute approximate surface area is 98.8 Å². The van der Waals surface area contributed by atoms with Gasteiger partial charge in [0, 0.05) is 18.0 Å². The van der Waals surface area contributed by atoms with E-state index in [9.17, 15) is 4.39 Å². The van der Waals surface area contributed by atoms with Gasteiger partial charge in [0.15, 0.2) is 11.5 Å². The number of rotatable bonds is 2. The molecule has 3 rings (SSSR count). The van der Waals surface area contributed by atoms with Crippen molar-refractivity contribution in [3.05, 3.63) is 29.9 Å². The van der Waals surface area contributed by atoms with Crippen LogP contribution in [0.3, 0.4) is 0 Å². The molecule has 4 heteroatoms. The lowest BCUT2D eigenvalue weighted by Gasteiger charge is -2.20. The van der Waals surface area contributed by atoms with Gasteiger partial charge in [-0.15, -0.1) is 0 Å². The van der Waals surface area contributed by atoms with E-state index in [1.165, 1.54) is 25.0 Å². The second-order valence-corrected chi connectivity index (χ2v) is 4.97. The zero-order valence-corrected chi connectivity index (χ0v) is 9.58. The van der Waals surface area contributed by atoms with Gasteiger partial charge in [0.05, 0.1) is 0 Å². The van der Waals surface area contributed by atoms with Crippen LogP contribution in [0.4, 0.5) is 4.39 Å². The van der Waals surface area contributed by atoms with E-state index in [0.29, 0.717) is 23.4 Å². The number of hydrogen-bond donors (Lipinski definition) is 1. The first-order chi connectivity index (χ1) is 8.15. The summed E-state index contributed by atoms with van der Waals surface area (Å²) in [5, 5.41) is 0. The number of fused-ring (bicyclic) bond motifs is 1. The Bertz CT molecular complexity index is 543. The fourth-order valence-electron chi connectivity index (χ4n) is 2.58. The zero-order chi connectivity index (χ0) is 11.9. The Morgan fingerprint density at radius 2 is 2.12 bits per heavy atom. The Hall–Kier alpha value is -1.42. The monoisotopic (exact) mass is 234 g/mol. The second-order valence-electron chi connectivity index (χ2n) is 4.97. The first-order valence-corrected chi connectivity index (χ1v) is 5.99. The van der Waals surface area contributed by atoms with Gasteiger partial charge in [-0.3, -0.25) is 0 Å². The van der Waals surface area contributed by atoms with Crippen LogP contribution in [0.2, 0.25) is 0 Å². The molecule has 1 aromatic heterocycles. The molecule has 0 aliphatic heterocycles. The van der Waals surface area contributed by atoms with Gasteiger partial charge in [0.2, 0.25) is 0 Å². The molecule has 1 saturated carbocycles. The van der Waals surface area contributed by atoms with Gasteiger partial charge in [-0.1, -0.05) is 12.8 Å². The fraction of sp³-hybridized carbons (Fsp3) is 0.462. The summed E-state index contributed by atoms with van der Waals surface area (Å²) in [6, 6.07) is 4.39. The maximum absolute atomic E-state index is 13.0. The number of hydrogen-bond acceptors (Lipinski definition) is 3. The molecule has 1 aliphatic rings. The van der Waals surface area contributed by atoms with Crippen LogP contribution in [-0.2, 0) is 6.42 Å². The predicted molar refractivity (Wildman–Crippen MR) is 63.1 cm³/mol. The maximum Gasteiger partial charge on any atom is 0.197 e. The first kappa shape index (κ1) is 10.7. The van der Waals surface area contributed by atoms with Crippen molar-refractivity contribution in [2.24, 2.45) is 5.73 Å². The van der Waals surface area contributed by atoms with Crippen LogP contribution in [0.15, 0.2) is 22.6 Å². The van der Waals surface area contributed by atoms with E-state index in [2.05, 4.69) is 4.98 Å². The average Bonchev–Trinajstić information content (AvgIpc) is 2.84. The molecule has 0 unspecified atom stereocenters. The van der Waals surface area contributed by atoms with E-state index in [4.69, 9.17) is 10.2 Å².